The zero-order chi connectivity index (χ0) is 12.3. The van der Waals surface area contributed by atoms with Crippen LogP contribution in [-0.2, 0) is 15.1 Å². The number of hydrogen-bond donors (Lipinski definition) is 1. The molecule has 16 heavy (non-hydrogen) atoms. The Morgan fingerprint density at radius 1 is 1.19 bits per heavy atom. The standard InChI is InChI=1S/C11H14F2O3/c1-11(14,10(15-2)16-3)7-4-5-8(12)9(13)6-7/h4-6,10,14H,1-3H3. The summed E-state index contributed by atoms with van der Waals surface area (Å²) in [6.45, 7) is 1.40. The van der Waals surface area contributed by atoms with Gasteiger partial charge in [0, 0.05) is 14.2 Å². The summed E-state index contributed by atoms with van der Waals surface area (Å²) in [4.78, 5) is 0. The Kier molecular flexibility index (Phi) is 3.96. The number of benzene rings is 1. The van der Waals surface area contributed by atoms with E-state index in [-0.39, 0.29) is 5.56 Å². The van der Waals surface area contributed by atoms with E-state index in [1.807, 2.05) is 0 Å². The highest BCUT2D eigenvalue weighted by atomic mass is 19.2. The van der Waals surface area contributed by atoms with Gasteiger partial charge in [0.2, 0.25) is 0 Å². The van der Waals surface area contributed by atoms with Crippen molar-refractivity contribution in [3.63, 3.8) is 0 Å². The summed E-state index contributed by atoms with van der Waals surface area (Å²) in [7, 11) is 2.70. The first-order valence-corrected chi connectivity index (χ1v) is 4.67. The SMILES string of the molecule is COC(OC)C(C)(O)c1ccc(F)c(F)c1. The molecule has 0 heterocycles. The Morgan fingerprint density at radius 3 is 2.19 bits per heavy atom. The third-order valence-electron chi connectivity index (χ3n) is 2.39. The molecule has 0 aliphatic heterocycles. The summed E-state index contributed by atoms with van der Waals surface area (Å²) in [5, 5.41) is 10.1. The van der Waals surface area contributed by atoms with E-state index in [4.69, 9.17) is 9.47 Å². The third kappa shape index (κ3) is 2.37. The molecule has 1 unspecified atom stereocenters. The van der Waals surface area contributed by atoms with E-state index in [1.165, 1.54) is 27.2 Å². The summed E-state index contributed by atoms with van der Waals surface area (Å²) in [5.41, 5.74) is -1.38. The van der Waals surface area contributed by atoms with Gasteiger partial charge in [-0.2, -0.15) is 0 Å². The molecule has 3 nitrogen and oxygen atoms in total. The second-order valence-corrected chi connectivity index (χ2v) is 3.58. The van der Waals surface area contributed by atoms with E-state index in [0.29, 0.717) is 0 Å². The zero-order valence-corrected chi connectivity index (χ0v) is 9.33. The number of rotatable bonds is 4. The number of ether oxygens (including phenoxy) is 2. The van der Waals surface area contributed by atoms with Gasteiger partial charge in [0.15, 0.2) is 17.9 Å². The van der Waals surface area contributed by atoms with Crippen molar-refractivity contribution >= 4 is 0 Å². The van der Waals surface area contributed by atoms with Gasteiger partial charge in [-0.3, -0.25) is 0 Å². The first-order valence-electron chi connectivity index (χ1n) is 4.67. The Balaban J connectivity index is 3.10. The minimum Gasteiger partial charge on any atom is -0.380 e. The van der Waals surface area contributed by atoms with Crippen LogP contribution in [0.1, 0.15) is 12.5 Å². The molecule has 1 atom stereocenters. The first-order chi connectivity index (χ1) is 7.43. The van der Waals surface area contributed by atoms with Crippen LogP contribution < -0.4 is 0 Å². The molecule has 0 aromatic heterocycles. The summed E-state index contributed by atoms with van der Waals surface area (Å²) in [6.07, 6.45) is -0.961. The van der Waals surface area contributed by atoms with E-state index in [1.54, 1.807) is 0 Å². The topological polar surface area (TPSA) is 38.7 Å². The lowest BCUT2D eigenvalue weighted by Gasteiger charge is -2.30. The highest BCUT2D eigenvalue weighted by Gasteiger charge is 2.34. The fraction of sp³-hybridized carbons (Fsp3) is 0.455. The van der Waals surface area contributed by atoms with E-state index >= 15 is 0 Å². The van der Waals surface area contributed by atoms with Gasteiger partial charge in [-0.1, -0.05) is 6.07 Å². The van der Waals surface area contributed by atoms with Crippen molar-refractivity contribution in [2.75, 3.05) is 14.2 Å². The van der Waals surface area contributed by atoms with E-state index in [9.17, 15) is 13.9 Å². The second-order valence-electron chi connectivity index (χ2n) is 3.58. The van der Waals surface area contributed by atoms with E-state index in [2.05, 4.69) is 0 Å². The Hall–Kier alpha value is -1.04. The molecule has 1 N–H and O–H groups in total. The maximum atomic E-state index is 13.0. The molecule has 0 bridgehead atoms. The molecule has 0 aliphatic rings. The molecule has 90 valence electrons. The quantitative estimate of drug-likeness (QED) is 0.804. The minimum absolute atomic E-state index is 0.181. The maximum Gasteiger partial charge on any atom is 0.189 e. The second kappa shape index (κ2) is 4.86. The molecule has 0 spiro atoms. The van der Waals surface area contributed by atoms with E-state index < -0.39 is 23.5 Å². The van der Waals surface area contributed by atoms with Crippen LogP contribution in [0.3, 0.4) is 0 Å². The maximum absolute atomic E-state index is 13.0. The van der Waals surface area contributed by atoms with Crippen LogP contribution in [0.2, 0.25) is 0 Å². The number of hydrogen-bond acceptors (Lipinski definition) is 3. The Bertz CT molecular complexity index is 362. The molecule has 0 fully saturated rings. The lowest BCUT2D eigenvalue weighted by atomic mass is 9.95. The Labute approximate surface area is 92.6 Å². The molecule has 0 saturated carbocycles. The van der Waals surface area contributed by atoms with Crippen LogP contribution in [0.4, 0.5) is 8.78 Å². The fourth-order valence-corrected chi connectivity index (χ4v) is 1.50. The predicted molar refractivity (Wildman–Crippen MR) is 53.7 cm³/mol. The molecule has 0 aliphatic carbocycles. The van der Waals surface area contributed by atoms with E-state index in [0.717, 1.165) is 12.1 Å². The van der Waals surface area contributed by atoms with Gasteiger partial charge in [0.1, 0.15) is 5.60 Å². The average molecular weight is 232 g/mol. The van der Waals surface area contributed by atoms with Gasteiger partial charge in [-0.05, 0) is 24.6 Å². The van der Waals surface area contributed by atoms with Crippen LogP contribution in [-0.4, -0.2) is 25.6 Å². The summed E-state index contributed by atoms with van der Waals surface area (Å²) in [5.74, 6) is -1.99. The smallest absolute Gasteiger partial charge is 0.189 e. The van der Waals surface area contributed by atoms with Crippen molar-refractivity contribution in [1.82, 2.24) is 0 Å². The van der Waals surface area contributed by atoms with Crippen molar-refractivity contribution in [3.05, 3.63) is 35.4 Å². The average Bonchev–Trinajstić information content (AvgIpc) is 2.23. The zero-order valence-electron chi connectivity index (χ0n) is 9.33. The van der Waals surface area contributed by atoms with Crippen molar-refractivity contribution in [2.45, 2.75) is 18.8 Å². The van der Waals surface area contributed by atoms with Crippen molar-refractivity contribution < 1.29 is 23.4 Å². The highest BCUT2D eigenvalue weighted by Crippen LogP contribution is 2.27. The summed E-state index contributed by atoms with van der Waals surface area (Å²) < 4.78 is 35.5. The predicted octanol–water partition coefficient (Wildman–Crippen LogP) is 1.79. The third-order valence-corrected chi connectivity index (χ3v) is 2.39. The fourth-order valence-electron chi connectivity index (χ4n) is 1.50. The van der Waals surface area contributed by atoms with Gasteiger partial charge in [0.25, 0.3) is 0 Å². The lowest BCUT2D eigenvalue weighted by Crippen LogP contribution is -2.39. The molecule has 5 heteroatoms. The molecule has 1 rings (SSSR count). The van der Waals surface area contributed by atoms with Crippen molar-refractivity contribution in [2.24, 2.45) is 0 Å². The van der Waals surface area contributed by atoms with Crippen LogP contribution >= 0.6 is 0 Å². The molecule has 0 radical (unpaired) electrons. The van der Waals surface area contributed by atoms with Crippen molar-refractivity contribution in [3.8, 4) is 0 Å². The number of halogens is 2. The number of methoxy groups -OCH3 is 2. The first kappa shape index (κ1) is 13.0. The Morgan fingerprint density at radius 2 is 1.75 bits per heavy atom. The molecular formula is C11H14F2O3. The van der Waals surface area contributed by atoms with Gasteiger partial charge in [0.05, 0.1) is 0 Å². The van der Waals surface area contributed by atoms with Gasteiger partial charge < -0.3 is 14.6 Å². The van der Waals surface area contributed by atoms with Crippen molar-refractivity contribution in [1.29, 1.82) is 0 Å². The normalized spacial score (nSPS) is 15.2. The summed E-state index contributed by atoms with van der Waals surface area (Å²) in [6, 6.07) is 3.14. The molecule has 1 aromatic rings. The highest BCUT2D eigenvalue weighted by molar-refractivity contribution is 5.24. The number of aliphatic hydroxyl groups is 1. The largest absolute Gasteiger partial charge is 0.380 e. The monoisotopic (exact) mass is 232 g/mol. The van der Waals surface area contributed by atoms with Crippen LogP contribution in [0.25, 0.3) is 0 Å². The van der Waals surface area contributed by atoms with Gasteiger partial charge >= 0.3 is 0 Å². The van der Waals surface area contributed by atoms with Crippen LogP contribution in [0.5, 0.6) is 0 Å². The molecular weight excluding hydrogens is 218 g/mol. The molecule has 0 amide bonds. The van der Waals surface area contributed by atoms with Gasteiger partial charge in [-0.25, -0.2) is 8.78 Å². The summed E-state index contributed by atoms with van der Waals surface area (Å²) >= 11 is 0. The molecule has 1 aromatic carbocycles. The molecule has 0 saturated heterocycles. The van der Waals surface area contributed by atoms with Gasteiger partial charge in [-0.15, -0.1) is 0 Å². The minimum atomic E-state index is -1.56. The van der Waals surface area contributed by atoms with Crippen LogP contribution in [0, 0.1) is 11.6 Å². The van der Waals surface area contributed by atoms with Crippen LogP contribution in [0.15, 0.2) is 18.2 Å². The lowest BCUT2D eigenvalue weighted by molar-refractivity contribution is -0.213.